The number of aromatic nitrogens is 2. The minimum atomic E-state index is -0.784. The number of methoxy groups -OCH3 is 2. The second-order valence-corrected chi connectivity index (χ2v) is 10.1. The minimum absolute atomic E-state index is 0.0227. The SMILES string of the molecule is CC(C)(C)OC=O.COc1cc(OC)cc(C(C(C)=O)c2nn(C3CCNC3)c(NCCOC(C)=O)c2C#N)c1. The first-order chi connectivity index (χ1) is 18.9. The van der Waals surface area contributed by atoms with Crippen LogP contribution < -0.4 is 20.1 Å². The third-order valence-corrected chi connectivity index (χ3v) is 5.92. The Morgan fingerprint density at radius 2 is 1.88 bits per heavy atom. The van der Waals surface area contributed by atoms with E-state index in [2.05, 4.69) is 21.4 Å². The van der Waals surface area contributed by atoms with E-state index >= 15 is 0 Å². The zero-order valence-corrected chi connectivity index (χ0v) is 24.2. The summed E-state index contributed by atoms with van der Waals surface area (Å²) in [6.45, 7) is 10.7. The van der Waals surface area contributed by atoms with Gasteiger partial charge in [-0.1, -0.05) is 0 Å². The van der Waals surface area contributed by atoms with E-state index in [0.29, 0.717) is 48.1 Å². The average molecular weight is 558 g/mol. The van der Waals surface area contributed by atoms with Crippen LogP contribution in [0, 0.1) is 11.3 Å². The number of nitrogens with zero attached hydrogens (tertiary/aromatic N) is 3. The van der Waals surface area contributed by atoms with Crippen LogP contribution in [0.2, 0.25) is 0 Å². The molecular weight excluding hydrogens is 518 g/mol. The van der Waals surface area contributed by atoms with Gasteiger partial charge >= 0.3 is 5.97 Å². The largest absolute Gasteiger partial charge is 0.497 e. The highest BCUT2D eigenvalue weighted by atomic mass is 16.5. The molecule has 0 amide bonds. The second-order valence-electron chi connectivity index (χ2n) is 10.1. The van der Waals surface area contributed by atoms with Crippen molar-refractivity contribution < 1.29 is 33.3 Å². The summed E-state index contributed by atoms with van der Waals surface area (Å²) in [6.07, 6.45) is 0.836. The smallest absolute Gasteiger partial charge is 0.302 e. The van der Waals surface area contributed by atoms with Gasteiger partial charge in [0, 0.05) is 19.5 Å². The van der Waals surface area contributed by atoms with Gasteiger partial charge in [-0.05, 0) is 58.4 Å². The molecule has 1 aromatic heterocycles. The summed E-state index contributed by atoms with van der Waals surface area (Å²) in [5, 5.41) is 21.3. The number of esters is 1. The summed E-state index contributed by atoms with van der Waals surface area (Å²) in [7, 11) is 3.07. The molecule has 218 valence electrons. The molecule has 2 N–H and O–H groups in total. The van der Waals surface area contributed by atoms with Crippen molar-refractivity contribution in [1.29, 1.82) is 5.26 Å². The van der Waals surface area contributed by atoms with Crippen LogP contribution in [0.15, 0.2) is 18.2 Å². The number of nitrogens with one attached hydrogen (secondary N) is 2. The van der Waals surface area contributed by atoms with E-state index in [4.69, 9.17) is 19.3 Å². The summed E-state index contributed by atoms with van der Waals surface area (Å²) in [6, 6.07) is 7.47. The van der Waals surface area contributed by atoms with E-state index in [9.17, 15) is 19.6 Å². The summed E-state index contributed by atoms with van der Waals surface area (Å²) >= 11 is 0. The molecule has 1 aromatic carbocycles. The lowest BCUT2D eigenvalue weighted by Gasteiger charge is -2.15. The van der Waals surface area contributed by atoms with Gasteiger partial charge in [0.25, 0.3) is 6.47 Å². The Kier molecular flexibility index (Phi) is 11.9. The van der Waals surface area contributed by atoms with Crippen LogP contribution in [0.3, 0.4) is 0 Å². The van der Waals surface area contributed by atoms with Crippen LogP contribution in [0.4, 0.5) is 5.82 Å². The van der Waals surface area contributed by atoms with Gasteiger partial charge in [0.15, 0.2) is 0 Å². The monoisotopic (exact) mass is 557 g/mol. The highest BCUT2D eigenvalue weighted by Gasteiger charge is 2.32. The molecule has 2 atom stereocenters. The van der Waals surface area contributed by atoms with Crippen molar-refractivity contribution in [3.05, 3.63) is 35.0 Å². The predicted octanol–water partition coefficient (Wildman–Crippen LogP) is 2.96. The number of ketones is 1. The Hall–Kier alpha value is -4.11. The maximum Gasteiger partial charge on any atom is 0.302 e. The molecule has 1 fully saturated rings. The number of Topliss-reactive ketones (excluding diaryl/α,β-unsaturated/α-hetero) is 1. The van der Waals surface area contributed by atoms with Gasteiger partial charge in [0.05, 0.1) is 38.4 Å². The average Bonchev–Trinajstić information content (AvgIpc) is 3.54. The lowest BCUT2D eigenvalue weighted by atomic mass is 9.89. The van der Waals surface area contributed by atoms with Gasteiger partial charge in [-0.15, -0.1) is 0 Å². The lowest BCUT2D eigenvalue weighted by Crippen LogP contribution is -2.20. The molecule has 2 heterocycles. The molecule has 12 nitrogen and oxygen atoms in total. The van der Waals surface area contributed by atoms with Crippen molar-refractivity contribution in [1.82, 2.24) is 15.1 Å². The fraction of sp³-hybridized carbons (Fsp3) is 0.536. The number of anilines is 1. The van der Waals surface area contributed by atoms with Crippen molar-refractivity contribution >= 4 is 24.0 Å². The normalized spacial score (nSPS) is 15.1. The molecular formula is C28H39N5O7. The zero-order valence-electron chi connectivity index (χ0n) is 24.2. The quantitative estimate of drug-likeness (QED) is 0.238. The molecule has 1 aliphatic rings. The molecule has 0 radical (unpaired) electrons. The second kappa shape index (κ2) is 14.9. The Morgan fingerprint density at radius 1 is 1.23 bits per heavy atom. The number of nitriles is 1. The van der Waals surface area contributed by atoms with E-state index in [1.807, 2.05) is 20.8 Å². The third kappa shape index (κ3) is 8.98. The predicted molar refractivity (Wildman–Crippen MR) is 148 cm³/mol. The van der Waals surface area contributed by atoms with Crippen molar-refractivity contribution in [2.24, 2.45) is 0 Å². The molecule has 1 saturated heterocycles. The van der Waals surface area contributed by atoms with E-state index in [0.717, 1.165) is 13.0 Å². The van der Waals surface area contributed by atoms with E-state index < -0.39 is 5.92 Å². The standard InChI is InChI=1S/C23H29N5O5.C5H10O2/c1-14(29)21(16-9-18(31-3)11-19(10-16)32-4)22-20(12-24)23(26-7-8-33-15(2)30)28(27-22)17-5-6-25-13-17;1-5(2,3)7-4-6/h9-11,17,21,25-26H,5-8,13H2,1-4H3;4H,1-3H3. The zero-order chi connectivity index (χ0) is 29.9. The van der Waals surface area contributed by atoms with E-state index in [1.165, 1.54) is 28.1 Å². The van der Waals surface area contributed by atoms with Crippen LogP contribution >= 0.6 is 0 Å². The summed E-state index contributed by atoms with van der Waals surface area (Å²) in [5.74, 6) is 0.252. The third-order valence-electron chi connectivity index (χ3n) is 5.92. The van der Waals surface area contributed by atoms with Crippen molar-refractivity contribution in [2.75, 3.05) is 45.8 Å². The highest BCUT2D eigenvalue weighted by Crippen LogP contribution is 2.36. The lowest BCUT2D eigenvalue weighted by molar-refractivity contribution is -0.141. The van der Waals surface area contributed by atoms with E-state index in [-0.39, 0.29) is 35.6 Å². The first-order valence-corrected chi connectivity index (χ1v) is 12.9. The molecule has 2 aromatic rings. The van der Waals surface area contributed by atoms with Gasteiger partial charge in [-0.2, -0.15) is 10.4 Å². The highest BCUT2D eigenvalue weighted by molar-refractivity contribution is 5.88. The number of benzene rings is 1. The number of carbonyl (C=O) groups is 3. The maximum absolute atomic E-state index is 12.9. The number of hydrogen-bond donors (Lipinski definition) is 2. The summed E-state index contributed by atoms with van der Waals surface area (Å²) in [4.78, 5) is 33.6. The van der Waals surface area contributed by atoms with Crippen LogP contribution in [-0.4, -0.2) is 74.1 Å². The number of hydrogen-bond acceptors (Lipinski definition) is 11. The number of ether oxygens (including phenoxy) is 4. The molecule has 0 aliphatic carbocycles. The van der Waals surface area contributed by atoms with Gasteiger partial charge in [-0.25, -0.2) is 4.68 Å². The fourth-order valence-corrected chi connectivity index (χ4v) is 4.14. The fourth-order valence-electron chi connectivity index (χ4n) is 4.14. The molecule has 40 heavy (non-hydrogen) atoms. The van der Waals surface area contributed by atoms with Gasteiger partial charge in [0.1, 0.15) is 46.9 Å². The first-order valence-electron chi connectivity index (χ1n) is 12.9. The number of rotatable bonds is 11. The molecule has 1 aliphatic heterocycles. The van der Waals surface area contributed by atoms with Crippen LogP contribution in [0.5, 0.6) is 11.5 Å². The first kappa shape index (κ1) is 32.1. The molecule has 2 unspecified atom stereocenters. The molecule has 0 saturated carbocycles. The molecule has 12 heteroatoms. The maximum atomic E-state index is 12.9. The Bertz CT molecular complexity index is 1180. The van der Waals surface area contributed by atoms with Crippen molar-refractivity contribution in [2.45, 2.75) is 58.6 Å². The van der Waals surface area contributed by atoms with Crippen molar-refractivity contribution in [3.63, 3.8) is 0 Å². The Labute approximate surface area is 234 Å². The number of carbonyl (C=O) groups excluding carboxylic acids is 3. The van der Waals surface area contributed by atoms with Crippen LogP contribution in [-0.2, 0) is 23.9 Å². The summed E-state index contributed by atoms with van der Waals surface area (Å²) in [5.41, 5.74) is 0.951. The van der Waals surface area contributed by atoms with Crippen molar-refractivity contribution in [3.8, 4) is 17.6 Å². The van der Waals surface area contributed by atoms with Crippen LogP contribution in [0.1, 0.15) is 69.8 Å². The molecule has 3 rings (SSSR count). The Morgan fingerprint density at radius 3 is 2.30 bits per heavy atom. The van der Waals surface area contributed by atoms with Gasteiger partial charge in [0.2, 0.25) is 0 Å². The molecule has 0 bridgehead atoms. The van der Waals surface area contributed by atoms with Gasteiger partial charge in [-0.3, -0.25) is 14.4 Å². The molecule has 0 spiro atoms. The van der Waals surface area contributed by atoms with Crippen LogP contribution in [0.25, 0.3) is 0 Å². The Balaban J connectivity index is 0.000000708. The minimum Gasteiger partial charge on any atom is -0.497 e. The van der Waals surface area contributed by atoms with Gasteiger partial charge < -0.3 is 29.6 Å². The summed E-state index contributed by atoms with van der Waals surface area (Å²) < 4.78 is 22.1. The van der Waals surface area contributed by atoms with E-state index in [1.54, 1.807) is 22.9 Å². The topological polar surface area (TPSA) is 154 Å².